The summed E-state index contributed by atoms with van der Waals surface area (Å²) in [5.41, 5.74) is 11.4. The average molecular weight is 651 g/mol. The number of nitrogens with zero attached hydrogens (tertiary/aromatic N) is 7. The van der Waals surface area contributed by atoms with Gasteiger partial charge in [0, 0.05) is 64.3 Å². The first-order chi connectivity index (χ1) is 22.6. The Bertz CT molecular complexity index is 1470. The molecule has 3 unspecified atom stereocenters. The Balaban J connectivity index is 0.000000410. The van der Waals surface area contributed by atoms with Gasteiger partial charge < -0.3 is 25.4 Å². The summed E-state index contributed by atoms with van der Waals surface area (Å²) in [5.74, 6) is 0.852. The lowest BCUT2D eigenvalue weighted by atomic mass is 9.89. The summed E-state index contributed by atoms with van der Waals surface area (Å²) in [7, 11) is 7.04. The van der Waals surface area contributed by atoms with Crippen LogP contribution < -0.4 is 15.4 Å². The number of nitrogens with two attached hydrogens (primary N) is 1. The maximum absolute atomic E-state index is 12.6. The van der Waals surface area contributed by atoms with E-state index >= 15 is 0 Å². The van der Waals surface area contributed by atoms with Gasteiger partial charge in [0.15, 0.2) is 0 Å². The molecule has 0 radical (unpaired) electrons. The molecule has 6 rings (SSSR count). The van der Waals surface area contributed by atoms with Crippen molar-refractivity contribution in [3.63, 3.8) is 0 Å². The normalized spacial score (nSPS) is 23.3. The van der Waals surface area contributed by atoms with Gasteiger partial charge in [0.1, 0.15) is 17.7 Å². The molecule has 0 aliphatic carbocycles. The first-order valence-electron chi connectivity index (χ1n) is 16.9. The number of aliphatic imine (C=N–C) groups is 1. The highest BCUT2D eigenvalue weighted by molar-refractivity contribution is 6.05. The third-order valence-corrected chi connectivity index (χ3v) is 9.56. The van der Waals surface area contributed by atoms with Crippen LogP contribution in [0.2, 0.25) is 0 Å². The van der Waals surface area contributed by atoms with Crippen molar-refractivity contribution >= 4 is 17.4 Å². The van der Waals surface area contributed by atoms with Crippen LogP contribution in [0.5, 0.6) is 11.8 Å². The third-order valence-electron chi connectivity index (χ3n) is 9.56. The highest BCUT2D eigenvalue weighted by Gasteiger charge is 2.35. The van der Waals surface area contributed by atoms with Crippen molar-refractivity contribution in [1.29, 1.82) is 0 Å². The molecule has 12 heteroatoms. The Morgan fingerprint density at radius 2 is 2.02 bits per heavy atom. The molecular weight excluding hydrogens is 599 g/mol. The lowest BCUT2D eigenvalue weighted by Crippen LogP contribution is -2.37. The highest BCUT2D eigenvalue weighted by atomic mass is 19.1. The molecule has 3 N–H and O–H groups in total. The van der Waals surface area contributed by atoms with Gasteiger partial charge in [-0.15, -0.1) is 0 Å². The van der Waals surface area contributed by atoms with Crippen LogP contribution in [0.3, 0.4) is 0 Å². The van der Waals surface area contributed by atoms with Gasteiger partial charge >= 0.3 is 6.01 Å². The maximum atomic E-state index is 12.6. The number of benzene rings is 1. The molecule has 47 heavy (non-hydrogen) atoms. The number of aryl methyl sites for hydroxylation is 1. The number of halogens is 1. The minimum atomic E-state index is -0.518. The second-order valence-corrected chi connectivity index (χ2v) is 13.3. The molecule has 5 heterocycles. The molecule has 1 amide bonds. The summed E-state index contributed by atoms with van der Waals surface area (Å²) < 4.78 is 18.1. The fourth-order valence-corrected chi connectivity index (χ4v) is 7.22. The van der Waals surface area contributed by atoms with Crippen molar-refractivity contribution in [2.45, 2.75) is 76.7 Å². The molecule has 11 nitrogen and oxygen atoms in total. The standard InChI is InChI=1S/C28H39N7O3.C7H12FN/c1-6-8-18-9-10-20(36)14-21(18)25-15-24-22(17-34(25)4)26(32-28(31-24)38-5)35-12-7-11-30-19(16-35)13-23(29)27(37)33(2)3;8-6-4-7-2-1-3-9(7)5-6/h9-10,13-14,25,36H,6-8,11-12,15-17,29H2,1-5H3;6-7H,1-5H2/b23-13-;. The number of rotatable bonds is 7. The molecule has 1 aromatic heterocycles. The summed E-state index contributed by atoms with van der Waals surface area (Å²) in [4.78, 5) is 34.8. The molecule has 4 aliphatic rings. The Morgan fingerprint density at radius 1 is 1.21 bits per heavy atom. The van der Waals surface area contributed by atoms with Gasteiger partial charge in [-0.3, -0.25) is 19.6 Å². The Kier molecular flexibility index (Phi) is 11.3. The molecule has 0 bridgehead atoms. The smallest absolute Gasteiger partial charge is 0.318 e. The van der Waals surface area contributed by atoms with Crippen LogP contribution in [0.15, 0.2) is 35.0 Å². The largest absolute Gasteiger partial charge is 0.508 e. The number of aromatic hydroxyl groups is 1. The second-order valence-electron chi connectivity index (χ2n) is 13.3. The summed E-state index contributed by atoms with van der Waals surface area (Å²) >= 11 is 0. The quantitative estimate of drug-likeness (QED) is 0.433. The summed E-state index contributed by atoms with van der Waals surface area (Å²) in [5, 5.41) is 10.3. The number of anilines is 1. The molecule has 2 saturated heterocycles. The van der Waals surface area contributed by atoms with Crippen LogP contribution >= 0.6 is 0 Å². The molecule has 0 spiro atoms. The first-order valence-corrected chi connectivity index (χ1v) is 16.9. The van der Waals surface area contributed by atoms with Gasteiger partial charge in [-0.1, -0.05) is 19.4 Å². The average Bonchev–Trinajstić information content (AvgIpc) is 3.54. The van der Waals surface area contributed by atoms with E-state index in [9.17, 15) is 14.3 Å². The maximum Gasteiger partial charge on any atom is 0.318 e. The molecule has 2 fully saturated rings. The predicted molar refractivity (Wildman–Crippen MR) is 183 cm³/mol. The van der Waals surface area contributed by atoms with E-state index in [1.807, 2.05) is 12.1 Å². The van der Waals surface area contributed by atoms with Gasteiger partial charge in [0.25, 0.3) is 5.91 Å². The number of carbonyl (C=O) groups is 1. The number of alkyl halides is 1. The Labute approximate surface area is 278 Å². The highest BCUT2D eigenvalue weighted by Crippen LogP contribution is 2.38. The number of methoxy groups -OCH3 is 1. The van der Waals surface area contributed by atoms with E-state index in [4.69, 9.17) is 20.4 Å². The van der Waals surface area contributed by atoms with Gasteiger partial charge in [-0.25, -0.2) is 4.39 Å². The lowest BCUT2D eigenvalue weighted by Gasteiger charge is -2.37. The zero-order valence-electron chi connectivity index (χ0n) is 28.6. The number of fused-ring (bicyclic) bond motifs is 2. The lowest BCUT2D eigenvalue weighted by molar-refractivity contribution is -0.124. The van der Waals surface area contributed by atoms with E-state index in [-0.39, 0.29) is 23.4 Å². The van der Waals surface area contributed by atoms with Crippen LogP contribution in [0.1, 0.15) is 67.5 Å². The van der Waals surface area contributed by atoms with E-state index in [0.717, 1.165) is 67.1 Å². The number of aromatic nitrogens is 2. The number of phenolic OH excluding ortho intramolecular Hbond substituents is 1. The molecule has 2 aromatic rings. The van der Waals surface area contributed by atoms with Crippen molar-refractivity contribution in [2.75, 3.05) is 65.9 Å². The van der Waals surface area contributed by atoms with E-state index in [0.29, 0.717) is 44.7 Å². The van der Waals surface area contributed by atoms with E-state index in [1.54, 1.807) is 33.3 Å². The SMILES string of the molecule is CCCc1ccc(O)cc1C1Cc2nc(OC)nc(N3CCCN=C(/C=C(\N)C(=O)N(C)C)C3)c2CN1C.FC1CC2CCCN2C1. The minimum Gasteiger partial charge on any atom is -0.508 e. The van der Waals surface area contributed by atoms with Gasteiger partial charge in [-0.2, -0.15) is 9.97 Å². The van der Waals surface area contributed by atoms with Crippen molar-refractivity contribution in [3.05, 3.63) is 52.4 Å². The second kappa shape index (κ2) is 15.4. The van der Waals surface area contributed by atoms with Crippen LogP contribution in [0.25, 0.3) is 0 Å². The van der Waals surface area contributed by atoms with E-state index < -0.39 is 6.17 Å². The van der Waals surface area contributed by atoms with Crippen molar-refractivity contribution in [2.24, 2.45) is 10.7 Å². The van der Waals surface area contributed by atoms with Crippen LogP contribution in [0, 0.1) is 0 Å². The van der Waals surface area contributed by atoms with Crippen LogP contribution in [-0.4, -0.2) is 115 Å². The van der Waals surface area contributed by atoms with Gasteiger partial charge in [-0.05, 0) is 75.0 Å². The Hall–Kier alpha value is -3.77. The monoisotopic (exact) mass is 650 g/mol. The summed E-state index contributed by atoms with van der Waals surface area (Å²) in [6, 6.07) is 6.69. The third kappa shape index (κ3) is 8.21. The number of hydrogen-bond donors (Lipinski definition) is 2. The number of ether oxygens (including phenoxy) is 1. The minimum absolute atomic E-state index is 0.0737. The number of amides is 1. The zero-order valence-corrected chi connectivity index (χ0v) is 28.6. The van der Waals surface area contributed by atoms with Crippen LogP contribution in [0.4, 0.5) is 10.2 Å². The molecule has 4 aliphatic heterocycles. The molecular formula is C35H51FN8O3. The van der Waals surface area contributed by atoms with Gasteiger partial charge in [0.2, 0.25) is 0 Å². The van der Waals surface area contributed by atoms with Crippen molar-refractivity contribution < 1.29 is 19.0 Å². The van der Waals surface area contributed by atoms with Gasteiger partial charge in [0.05, 0.1) is 30.8 Å². The van der Waals surface area contributed by atoms with Crippen molar-refractivity contribution in [1.82, 2.24) is 24.7 Å². The summed E-state index contributed by atoms with van der Waals surface area (Å²) in [6.45, 7) is 6.56. The predicted octanol–water partition coefficient (Wildman–Crippen LogP) is 3.65. The van der Waals surface area contributed by atoms with E-state index in [1.165, 1.54) is 23.3 Å². The fraction of sp³-hybridized carbons (Fsp3) is 0.600. The molecule has 3 atom stereocenters. The number of phenols is 1. The number of likely N-dealkylation sites (N-methyl/N-ethyl adjacent to an activating group) is 2. The van der Waals surface area contributed by atoms with E-state index in [2.05, 4.69) is 33.7 Å². The topological polar surface area (TPSA) is 124 Å². The van der Waals surface area contributed by atoms with Crippen LogP contribution in [-0.2, 0) is 24.2 Å². The zero-order chi connectivity index (χ0) is 33.7. The molecule has 0 saturated carbocycles. The number of carbonyl (C=O) groups excluding carboxylic acids is 1. The van der Waals surface area contributed by atoms with Crippen molar-refractivity contribution in [3.8, 4) is 11.8 Å². The fourth-order valence-electron chi connectivity index (χ4n) is 7.22. The summed E-state index contributed by atoms with van der Waals surface area (Å²) in [6.07, 6.45) is 7.99. The first kappa shape index (κ1) is 34.6. The number of hydrogen-bond acceptors (Lipinski definition) is 10. The Morgan fingerprint density at radius 3 is 2.74 bits per heavy atom. The molecule has 1 aromatic carbocycles. The molecule has 256 valence electrons.